The summed E-state index contributed by atoms with van der Waals surface area (Å²) in [7, 11) is 2.94. The molecule has 1 heterocycles. The highest BCUT2D eigenvalue weighted by Crippen LogP contribution is 2.23. The van der Waals surface area contributed by atoms with Crippen LogP contribution in [0.1, 0.15) is 10.4 Å². The summed E-state index contributed by atoms with van der Waals surface area (Å²) in [6.45, 7) is 0. The largest absolute Gasteiger partial charge is 0.497 e. The van der Waals surface area contributed by atoms with Crippen molar-refractivity contribution in [1.82, 2.24) is 10.4 Å². The Morgan fingerprint density at radius 2 is 1.78 bits per heavy atom. The van der Waals surface area contributed by atoms with E-state index in [1.165, 1.54) is 19.4 Å². The SMILES string of the molecule is COc1ccc(-c2cccc(C(=O)NNc3cnc(OC)c(F)c3)c2)cc1. The smallest absolute Gasteiger partial charge is 0.269 e. The zero-order chi connectivity index (χ0) is 19.2. The van der Waals surface area contributed by atoms with E-state index in [2.05, 4.69) is 15.8 Å². The van der Waals surface area contributed by atoms with E-state index in [-0.39, 0.29) is 11.8 Å². The summed E-state index contributed by atoms with van der Waals surface area (Å²) in [4.78, 5) is 16.2. The van der Waals surface area contributed by atoms with Crippen LogP contribution in [0, 0.1) is 5.82 Å². The number of amides is 1. The molecular weight excluding hydrogens is 349 g/mol. The topological polar surface area (TPSA) is 72.5 Å². The van der Waals surface area contributed by atoms with Crippen LogP contribution in [-0.4, -0.2) is 25.1 Å². The minimum atomic E-state index is -0.627. The number of benzene rings is 2. The number of nitrogens with zero attached hydrogens (tertiary/aromatic N) is 1. The Morgan fingerprint density at radius 3 is 2.44 bits per heavy atom. The maximum absolute atomic E-state index is 13.6. The summed E-state index contributed by atoms with van der Waals surface area (Å²) in [6.07, 6.45) is 1.36. The number of ether oxygens (including phenoxy) is 2. The van der Waals surface area contributed by atoms with E-state index in [0.29, 0.717) is 11.3 Å². The zero-order valence-corrected chi connectivity index (χ0v) is 14.8. The zero-order valence-electron chi connectivity index (χ0n) is 14.8. The lowest BCUT2D eigenvalue weighted by Crippen LogP contribution is -2.29. The van der Waals surface area contributed by atoms with Crippen molar-refractivity contribution in [1.29, 1.82) is 0 Å². The molecule has 0 radical (unpaired) electrons. The molecule has 2 N–H and O–H groups in total. The van der Waals surface area contributed by atoms with Crippen LogP contribution in [-0.2, 0) is 0 Å². The molecule has 0 bridgehead atoms. The molecule has 0 unspecified atom stereocenters. The van der Waals surface area contributed by atoms with Gasteiger partial charge in [0.1, 0.15) is 5.75 Å². The first kappa shape index (κ1) is 18.2. The van der Waals surface area contributed by atoms with Crippen LogP contribution >= 0.6 is 0 Å². The van der Waals surface area contributed by atoms with Gasteiger partial charge in [0.25, 0.3) is 5.91 Å². The third-order valence-corrected chi connectivity index (χ3v) is 3.87. The number of rotatable bonds is 6. The molecule has 0 aliphatic heterocycles. The summed E-state index contributed by atoms with van der Waals surface area (Å²) in [5.41, 5.74) is 7.76. The Labute approximate surface area is 155 Å². The first-order chi connectivity index (χ1) is 13.1. The van der Waals surface area contributed by atoms with Crippen LogP contribution in [0.2, 0.25) is 0 Å². The predicted molar refractivity (Wildman–Crippen MR) is 100 cm³/mol. The molecule has 1 aromatic heterocycles. The van der Waals surface area contributed by atoms with Gasteiger partial charge in [-0.25, -0.2) is 9.37 Å². The van der Waals surface area contributed by atoms with Crippen LogP contribution in [0.4, 0.5) is 10.1 Å². The predicted octanol–water partition coefficient (Wildman–Crippen LogP) is 3.66. The fraction of sp³-hybridized carbons (Fsp3) is 0.100. The number of halogens is 1. The highest BCUT2D eigenvalue weighted by Gasteiger charge is 2.09. The first-order valence-electron chi connectivity index (χ1n) is 8.11. The lowest BCUT2D eigenvalue weighted by atomic mass is 10.0. The highest BCUT2D eigenvalue weighted by atomic mass is 19.1. The van der Waals surface area contributed by atoms with Crippen LogP contribution in [0.15, 0.2) is 60.8 Å². The quantitative estimate of drug-likeness (QED) is 0.651. The van der Waals surface area contributed by atoms with Crippen molar-refractivity contribution in [3.05, 3.63) is 72.2 Å². The van der Waals surface area contributed by atoms with Gasteiger partial charge in [-0.15, -0.1) is 0 Å². The van der Waals surface area contributed by atoms with E-state index in [1.54, 1.807) is 25.3 Å². The maximum atomic E-state index is 13.6. The molecule has 1 amide bonds. The summed E-state index contributed by atoms with van der Waals surface area (Å²) in [5, 5.41) is 0. The van der Waals surface area contributed by atoms with Crippen LogP contribution in [0.5, 0.6) is 11.6 Å². The number of aromatic nitrogens is 1. The summed E-state index contributed by atoms with van der Waals surface area (Å²) in [6, 6.07) is 15.9. The highest BCUT2D eigenvalue weighted by molar-refractivity contribution is 5.96. The summed E-state index contributed by atoms with van der Waals surface area (Å²) in [5.74, 6) is -0.337. The van der Waals surface area contributed by atoms with Crippen molar-refractivity contribution in [2.45, 2.75) is 0 Å². The third kappa shape index (κ3) is 4.33. The van der Waals surface area contributed by atoms with E-state index >= 15 is 0 Å². The molecule has 0 spiro atoms. The molecule has 138 valence electrons. The fourth-order valence-corrected chi connectivity index (χ4v) is 2.47. The Bertz CT molecular complexity index is 945. The molecule has 0 atom stereocenters. The lowest BCUT2D eigenvalue weighted by molar-refractivity contribution is 0.0962. The van der Waals surface area contributed by atoms with Crippen molar-refractivity contribution < 1.29 is 18.7 Å². The summed E-state index contributed by atoms with van der Waals surface area (Å²) >= 11 is 0. The molecular formula is C20H18FN3O3. The number of hydrogen-bond donors (Lipinski definition) is 2. The Morgan fingerprint density at radius 1 is 1.00 bits per heavy atom. The molecule has 0 fully saturated rings. The van der Waals surface area contributed by atoms with Crippen molar-refractivity contribution in [2.24, 2.45) is 0 Å². The van der Waals surface area contributed by atoms with Gasteiger partial charge < -0.3 is 9.47 Å². The van der Waals surface area contributed by atoms with Crippen molar-refractivity contribution in [3.63, 3.8) is 0 Å². The van der Waals surface area contributed by atoms with Gasteiger partial charge in [0.15, 0.2) is 5.82 Å². The second-order valence-electron chi connectivity index (χ2n) is 5.60. The van der Waals surface area contributed by atoms with E-state index < -0.39 is 5.82 Å². The molecule has 0 saturated heterocycles. The van der Waals surface area contributed by atoms with Crippen LogP contribution < -0.4 is 20.3 Å². The molecule has 3 aromatic rings. The number of carbonyl (C=O) groups excluding carboxylic acids is 1. The van der Waals surface area contributed by atoms with E-state index in [9.17, 15) is 9.18 Å². The van der Waals surface area contributed by atoms with Gasteiger partial charge in [0.05, 0.1) is 26.1 Å². The minimum absolute atomic E-state index is 0.112. The standard InChI is InChI=1S/C20H18FN3O3/c1-26-17-8-6-13(7-9-17)14-4-3-5-15(10-14)19(25)24-23-16-11-18(21)20(27-2)22-12-16/h3-12,23H,1-2H3,(H,24,25). The Hall–Kier alpha value is -3.61. The molecule has 0 aliphatic carbocycles. The number of hydrazine groups is 1. The van der Waals surface area contributed by atoms with Crippen LogP contribution in [0.3, 0.4) is 0 Å². The molecule has 0 saturated carbocycles. The average Bonchev–Trinajstić information content (AvgIpc) is 2.72. The van der Waals surface area contributed by atoms with Gasteiger partial charge >= 0.3 is 0 Å². The maximum Gasteiger partial charge on any atom is 0.269 e. The Balaban J connectivity index is 1.70. The number of hydrogen-bond acceptors (Lipinski definition) is 5. The van der Waals surface area contributed by atoms with Gasteiger partial charge in [-0.05, 0) is 35.4 Å². The molecule has 7 heteroatoms. The molecule has 27 heavy (non-hydrogen) atoms. The molecule has 0 aliphatic rings. The van der Waals surface area contributed by atoms with Gasteiger partial charge in [-0.2, -0.15) is 0 Å². The van der Waals surface area contributed by atoms with Gasteiger partial charge in [0, 0.05) is 11.6 Å². The number of pyridine rings is 1. The van der Waals surface area contributed by atoms with Crippen molar-refractivity contribution in [2.75, 3.05) is 19.6 Å². The molecule has 2 aromatic carbocycles. The van der Waals surface area contributed by atoms with Crippen molar-refractivity contribution in [3.8, 4) is 22.8 Å². The monoisotopic (exact) mass is 367 g/mol. The van der Waals surface area contributed by atoms with Crippen molar-refractivity contribution >= 4 is 11.6 Å². The minimum Gasteiger partial charge on any atom is -0.497 e. The average molecular weight is 367 g/mol. The second-order valence-corrected chi connectivity index (χ2v) is 5.60. The number of nitrogens with one attached hydrogen (secondary N) is 2. The Kier molecular flexibility index (Phi) is 5.51. The molecule has 6 nitrogen and oxygen atoms in total. The van der Waals surface area contributed by atoms with E-state index in [0.717, 1.165) is 16.9 Å². The first-order valence-corrected chi connectivity index (χ1v) is 8.11. The number of anilines is 1. The van der Waals surface area contributed by atoms with E-state index in [4.69, 9.17) is 9.47 Å². The lowest BCUT2D eigenvalue weighted by Gasteiger charge is -2.10. The van der Waals surface area contributed by atoms with E-state index in [1.807, 2.05) is 30.3 Å². The number of methoxy groups -OCH3 is 2. The normalized spacial score (nSPS) is 10.2. The van der Waals surface area contributed by atoms with Gasteiger partial charge in [-0.3, -0.25) is 15.6 Å². The third-order valence-electron chi connectivity index (χ3n) is 3.87. The van der Waals surface area contributed by atoms with Gasteiger partial charge in [0.2, 0.25) is 5.88 Å². The summed E-state index contributed by atoms with van der Waals surface area (Å²) < 4.78 is 23.6. The second kappa shape index (κ2) is 8.18. The number of carbonyl (C=O) groups is 1. The molecule has 3 rings (SSSR count). The van der Waals surface area contributed by atoms with Crippen LogP contribution in [0.25, 0.3) is 11.1 Å². The van der Waals surface area contributed by atoms with Gasteiger partial charge in [-0.1, -0.05) is 24.3 Å². The fourth-order valence-electron chi connectivity index (χ4n) is 2.47.